The van der Waals surface area contributed by atoms with Crippen molar-refractivity contribution < 1.29 is 4.39 Å². The van der Waals surface area contributed by atoms with Gasteiger partial charge in [-0.25, -0.2) is 19.3 Å². The number of nitrogens with zero attached hydrogens (tertiary/aromatic N) is 3. The average Bonchev–Trinajstić information content (AvgIpc) is 3.27. The van der Waals surface area contributed by atoms with Gasteiger partial charge < -0.3 is 0 Å². The van der Waals surface area contributed by atoms with Gasteiger partial charge >= 0.3 is 0 Å². The molecule has 1 radical (unpaired) electrons. The fraction of sp³-hybridized carbons (Fsp3) is 0.278. The Kier molecular flexibility index (Phi) is 3.87. The van der Waals surface area contributed by atoms with Crippen LogP contribution in [0.5, 0.6) is 0 Å². The van der Waals surface area contributed by atoms with Gasteiger partial charge in [-0.3, -0.25) is 0 Å². The molecule has 0 atom stereocenters. The first-order valence-electron chi connectivity index (χ1n) is 7.76. The van der Waals surface area contributed by atoms with E-state index >= 15 is 0 Å². The third-order valence-corrected chi connectivity index (χ3v) is 5.24. The zero-order chi connectivity index (χ0) is 15.6. The molecule has 0 N–H and O–H groups in total. The molecule has 5 heteroatoms. The van der Waals surface area contributed by atoms with Crippen molar-refractivity contribution in [2.75, 3.05) is 0 Å². The topological polar surface area (TPSA) is 38.7 Å². The summed E-state index contributed by atoms with van der Waals surface area (Å²) in [7, 11) is 0. The third kappa shape index (κ3) is 2.65. The fourth-order valence-electron chi connectivity index (χ4n) is 3.28. The first-order valence-corrected chi connectivity index (χ1v) is 8.64. The Morgan fingerprint density at radius 3 is 2.78 bits per heavy atom. The molecule has 115 valence electrons. The standard InChI is InChI=1S/C18H15FN3S/c19-15-8-4-3-7-13(15)16-18(23-11-22-16)17-14(9-20-10-21-17)12-5-1-2-6-12/h3-4,7-9,11-12H,1-2,5-6H2. The Morgan fingerprint density at radius 2 is 1.96 bits per heavy atom. The van der Waals surface area contributed by atoms with Crippen molar-refractivity contribution >= 4 is 11.3 Å². The van der Waals surface area contributed by atoms with Crippen LogP contribution in [0.2, 0.25) is 0 Å². The summed E-state index contributed by atoms with van der Waals surface area (Å²) in [6.45, 7) is 0. The average molecular weight is 324 g/mol. The molecule has 0 amide bonds. The SMILES string of the molecule is Fc1ccccc1-c1ncsc1-c1n[c]ncc1C1CCCC1. The highest BCUT2D eigenvalue weighted by molar-refractivity contribution is 7.13. The highest BCUT2D eigenvalue weighted by Crippen LogP contribution is 2.42. The number of aromatic nitrogens is 3. The molecule has 3 aromatic rings. The lowest BCUT2D eigenvalue weighted by Crippen LogP contribution is -2.00. The van der Waals surface area contributed by atoms with Crippen LogP contribution in [0.4, 0.5) is 4.39 Å². The van der Waals surface area contributed by atoms with Crippen LogP contribution in [0.1, 0.15) is 37.2 Å². The minimum Gasteiger partial charge on any atom is -0.244 e. The zero-order valence-electron chi connectivity index (χ0n) is 12.5. The first kappa shape index (κ1) is 14.5. The van der Waals surface area contributed by atoms with Gasteiger partial charge in [0.15, 0.2) is 6.33 Å². The molecule has 0 saturated heterocycles. The van der Waals surface area contributed by atoms with Crippen LogP contribution in [0, 0.1) is 12.1 Å². The summed E-state index contributed by atoms with van der Waals surface area (Å²) < 4.78 is 14.2. The molecule has 0 unspecified atom stereocenters. The minimum atomic E-state index is -0.264. The van der Waals surface area contributed by atoms with Gasteiger partial charge in [-0.05, 0) is 30.9 Å². The molecule has 1 aromatic carbocycles. The highest BCUT2D eigenvalue weighted by atomic mass is 32.1. The lowest BCUT2D eigenvalue weighted by atomic mass is 9.96. The van der Waals surface area contributed by atoms with Gasteiger partial charge in [-0.2, -0.15) is 0 Å². The number of hydrogen-bond acceptors (Lipinski definition) is 4. The molecular weight excluding hydrogens is 309 g/mol. The van der Waals surface area contributed by atoms with Gasteiger partial charge in [-0.1, -0.05) is 25.0 Å². The van der Waals surface area contributed by atoms with Crippen LogP contribution in [0.25, 0.3) is 21.8 Å². The van der Waals surface area contributed by atoms with E-state index in [4.69, 9.17) is 0 Å². The molecule has 0 aliphatic heterocycles. The maximum Gasteiger partial charge on any atom is 0.198 e. The van der Waals surface area contributed by atoms with Crippen LogP contribution < -0.4 is 0 Å². The van der Waals surface area contributed by atoms with Gasteiger partial charge in [0.25, 0.3) is 0 Å². The monoisotopic (exact) mass is 324 g/mol. The van der Waals surface area contributed by atoms with Crippen molar-refractivity contribution in [1.82, 2.24) is 15.0 Å². The van der Waals surface area contributed by atoms with E-state index in [0.717, 1.165) is 29.0 Å². The maximum atomic E-state index is 14.2. The Morgan fingerprint density at radius 1 is 1.13 bits per heavy atom. The highest BCUT2D eigenvalue weighted by Gasteiger charge is 2.24. The number of hydrogen-bond donors (Lipinski definition) is 0. The van der Waals surface area contributed by atoms with Crippen molar-refractivity contribution in [3.8, 4) is 21.8 Å². The third-order valence-electron chi connectivity index (χ3n) is 4.40. The van der Waals surface area contributed by atoms with Crippen LogP contribution >= 0.6 is 11.3 Å². The van der Waals surface area contributed by atoms with E-state index in [9.17, 15) is 4.39 Å². The van der Waals surface area contributed by atoms with Crippen molar-refractivity contribution in [3.63, 3.8) is 0 Å². The molecular formula is C18H15FN3S. The maximum absolute atomic E-state index is 14.2. The number of benzene rings is 1. The second-order valence-electron chi connectivity index (χ2n) is 5.77. The van der Waals surface area contributed by atoms with Crippen molar-refractivity contribution in [2.45, 2.75) is 31.6 Å². The summed E-state index contributed by atoms with van der Waals surface area (Å²) in [4.78, 5) is 13.8. The fourth-order valence-corrected chi connectivity index (χ4v) is 4.09. The molecule has 1 aliphatic carbocycles. The normalized spacial score (nSPS) is 15.2. The molecule has 0 spiro atoms. The summed E-state index contributed by atoms with van der Waals surface area (Å²) >= 11 is 1.49. The first-order chi connectivity index (χ1) is 11.3. The van der Waals surface area contributed by atoms with Gasteiger partial charge in [0.05, 0.1) is 21.8 Å². The van der Waals surface area contributed by atoms with E-state index in [1.54, 1.807) is 17.6 Å². The predicted molar refractivity (Wildman–Crippen MR) is 88.6 cm³/mol. The van der Waals surface area contributed by atoms with Gasteiger partial charge in [0.2, 0.25) is 0 Å². The smallest absolute Gasteiger partial charge is 0.198 e. The summed E-state index contributed by atoms with van der Waals surface area (Å²) in [5.41, 5.74) is 4.91. The Hall–Kier alpha value is -2.14. The predicted octanol–water partition coefficient (Wildman–Crippen LogP) is 4.86. The largest absolute Gasteiger partial charge is 0.244 e. The van der Waals surface area contributed by atoms with Crippen LogP contribution in [-0.4, -0.2) is 15.0 Å². The molecule has 23 heavy (non-hydrogen) atoms. The molecule has 4 rings (SSSR count). The van der Waals surface area contributed by atoms with Crippen LogP contribution in [0.3, 0.4) is 0 Å². The van der Waals surface area contributed by atoms with Gasteiger partial charge in [-0.15, -0.1) is 11.3 Å². The Balaban J connectivity index is 1.84. The van der Waals surface area contributed by atoms with E-state index in [1.807, 2.05) is 12.3 Å². The lowest BCUT2D eigenvalue weighted by Gasteiger charge is -2.13. The van der Waals surface area contributed by atoms with Gasteiger partial charge in [0, 0.05) is 17.3 Å². The van der Waals surface area contributed by atoms with E-state index in [0.29, 0.717) is 17.2 Å². The molecule has 1 aliphatic rings. The number of rotatable bonds is 3. The molecule has 2 heterocycles. The number of thiazole rings is 1. The second-order valence-corrected chi connectivity index (χ2v) is 6.62. The van der Waals surface area contributed by atoms with Crippen molar-refractivity contribution in [2.24, 2.45) is 0 Å². The zero-order valence-corrected chi connectivity index (χ0v) is 13.3. The van der Waals surface area contributed by atoms with Gasteiger partial charge in [0.1, 0.15) is 5.82 Å². The molecule has 3 nitrogen and oxygen atoms in total. The minimum absolute atomic E-state index is 0.264. The van der Waals surface area contributed by atoms with Crippen molar-refractivity contribution in [1.29, 1.82) is 0 Å². The molecule has 2 aromatic heterocycles. The van der Waals surface area contributed by atoms with Crippen molar-refractivity contribution in [3.05, 3.63) is 53.7 Å². The van der Waals surface area contributed by atoms with Crippen LogP contribution in [-0.2, 0) is 0 Å². The lowest BCUT2D eigenvalue weighted by molar-refractivity contribution is 0.631. The van der Waals surface area contributed by atoms with E-state index in [1.165, 1.54) is 30.2 Å². The summed E-state index contributed by atoms with van der Waals surface area (Å²) in [6, 6.07) is 6.73. The molecule has 1 saturated carbocycles. The Bertz CT molecular complexity index is 824. The van der Waals surface area contributed by atoms with E-state index in [2.05, 4.69) is 21.3 Å². The summed E-state index contributed by atoms with van der Waals surface area (Å²) in [6.07, 6.45) is 9.36. The van der Waals surface area contributed by atoms with Crippen LogP contribution in [0.15, 0.2) is 36.0 Å². The Labute approximate surface area is 138 Å². The van der Waals surface area contributed by atoms with E-state index < -0.39 is 0 Å². The molecule has 0 bridgehead atoms. The summed E-state index contributed by atoms with van der Waals surface area (Å²) in [5.74, 6) is 0.218. The number of halogens is 1. The van der Waals surface area contributed by atoms with E-state index in [-0.39, 0.29) is 5.82 Å². The summed E-state index contributed by atoms with van der Waals surface area (Å²) in [5, 5.41) is 0. The second kappa shape index (κ2) is 6.16. The molecule has 1 fully saturated rings. The quantitative estimate of drug-likeness (QED) is 0.690.